The number of ether oxygens (including phenoxy) is 1. The van der Waals surface area contributed by atoms with Gasteiger partial charge < -0.3 is 4.74 Å². The van der Waals surface area contributed by atoms with E-state index in [-0.39, 0.29) is 6.10 Å². The van der Waals surface area contributed by atoms with Gasteiger partial charge in [0.25, 0.3) is 0 Å². The highest BCUT2D eigenvalue weighted by Crippen LogP contribution is 1.87. The van der Waals surface area contributed by atoms with E-state index in [2.05, 4.69) is 0 Å². The predicted octanol–water partition coefficient (Wildman–Crippen LogP) is 1.33. The summed E-state index contributed by atoms with van der Waals surface area (Å²) in [6.45, 7) is 4.48. The highest BCUT2D eigenvalue weighted by Gasteiger charge is 1.89. The van der Waals surface area contributed by atoms with Crippen LogP contribution >= 0.6 is 0 Å². The van der Waals surface area contributed by atoms with E-state index in [4.69, 9.17) is 10.00 Å². The van der Waals surface area contributed by atoms with Crippen molar-refractivity contribution in [3.63, 3.8) is 0 Å². The Morgan fingerprint density at radius 1 is 1.62 bits per heavy atom. The van der Waals surface area contributed by atoms with Crippen LogP contribution in [0.5, 0.6) is 0 Å². The topological polar surface area (TPSA) is 33.0 Å². The lowest BCUT2D eigenvalue weighted by molar-refractivity contribution is 0.0834. The Hall–Kier alpha value is -0.550. The summed E-state index contributed by atoms with van der Waals surface area (Å²) in [5, 5.41) is 8.05. The van der Waals surface area contributed by atoms with Crippen molar-refractivity contribution in [3.05, 3.63) is 0 Å². The van der Waals surface area contributed by atoms with Crippen molar-refractivity contribution in [2.24, 2.45) is 0 Å². The molecule has 2 heteroatoms. The van der Waals surface area contributed by atoms with Crippen LogP contribution in [-0.4, -0.2) is 12.7 Å². The van der Waals surface area contributed by atoms with Gasteiger partial charge in [0.05, 0.1) is 25.2 Å². The molecule has 8 heavy (non-hydrogen) atoms. The van der Waals surface area contributed by atoms with Gasteiger partial charge in [-0.2, -0.15) is 5.26 Å². The van der Waals surface area contributed by atoms with E-state index in [1.54, 1.807) is 0 Å². The molecule has 0 rings (SSSR count). The first kappa shape index (κ1) is 7.45. The van der Waals surface area contributed by atoms with E-state index in [1.807, 2.05) is 19.9 Å². The molecule has 0 aliphatic carbocycles. The number of nitriles is 1. The maximum Gasteiger partial charge on any atom is 0.0645 e. The van der Waals surface area contributed by atoms with Crippen LogP contribution in [-0.2, 0) is 4.74 Å². The second-order valence-electron chi connectivity index (χ2n) is 1.83. The highest BCUT2D eigenvalue weighted by atomic mass is 16.5. The molecule has 0 atom stereocenters. The van der Waals surface area contributed by atoms with Gasteiger partial charge in [0, 0.05) is 0 Å². The molecule has 0 bridgehead atoms. The van der Waals surface area contributed by atoms with Gasteiger partial charge in [0.1, 0.15) is 0 Å². The number of rotatable bonds is 3. The fourth-order valence-corrected chi connectivity index (χ4v) is 0.340. The van der Waals surface area contributed by atoms with E-state index >= 15 is 0 Å². The zero-order valence-electron chi connectivity index (χ0n) is 5.35. The first-order valence-corrected chi connectivity index (χ1v) is 2.76. The van der Waals surface area contributed by atoms with Crippen molar-refractivity contribution in [2.75, 3.05) is 6.61 Å². The van der Waals surface area contributed by atoms with Crippen LogP contribution in [0.4, 0.5) is 0 Å². The number of nitrogens with zero attached hydrogens (tertiary/aromatic N) is 1. The third-order valence-corrected chi connectivity index (χ3v) is 0.665. The average molecular weight is 113 g/mol. The lowest BCUT2D eigenvalue weighted by atomic mass is 10.4. The maximum atomic E-state index is 8.05. The van der Waals surface area contributed by atoms with E-state index < -0.39 is 0 Å². The van der Waals surface area contributed by atoms with Gasteiger partial charge in [-0.25, -0.2) is 0 Å². The van der Waals surface area contributed by atoms with Gasteiger partial charge >= 0.3 is 0 Å². The molecule has 0 saturated heterocycles. The summed E-state index contributed by atoms with van der Waals surface area (Å²) in [5.41, 5.74) is 0. The molecular formula is C6H11NO. The Kier molecular flexibility index (Phi) is 4.29. The molecule has 0 radical (unpaired) electrons. The monoisotopic (exact) mass is 113 g/mol. The maximum absolute atomic E-state index is 8.05. The molecule has 0 amide bonds. The second kappa shape index (κ2) is 4.61. The Bertz CT molecular complexity index is 83.0. The minimum atomic E-state index is 0.253. The molecule has 2 nitrogen and oxygen atoms in total. The summed E-state index contributed by atoms with van der Waals surface area (Å²) in [6, 6.07) is 2.00. The molecule has 0 fully saturated rings. The molecule has 0 aromatic heterocycles. The van der Waals surface area contributed by atoms with Crippen molar-refractivity contribution in [1.29, 1.82) is 5.26 Å². The summed E-state index contributed by atoms with van der Waals surface area (Å²) in [4.78, 5) is 0. The van der Waals surface area contributed by atoms with Crippen LogP contribution in [0.15, 0.2) is 0 Å². The van der Waals surface area contributed by atoms with Crippen LogP contribution in [0.2, 0.25) is 0 Å². The van der Waals surface area contributed by atoms with Crippen LogP contribution < -0.4 is 0 Å². The summed E-state index contributed by atoms with van der Waals surface area (Å²) < 4.78 is 5.06. The summed E-state index contributed by atoms with van der Waals surface area (Å²) in [5.74, 6) is 0. The summed E-state index contributed by atoms with van der Waals surface area (Å²) in [6.07, 6.45) is 0.751. The van der Waals surface area contributed by atoms with Gasteiger partial charge in [0.2, 0.25) is 0 Å². The molecule has 0 aliphatic rings. The van der Waals surface area contributed by atoms with Crippen molar-refractivity contribution in [2.45, 2.75) is 26.4 Å². The van der Waals surface area contributed by atoms with Crippen molar-refractivity contribution in [3.8, 4) is 6.07 Å². The highest BCUT2D eigenvalue weighted by molar-refractivity contribution is 4.67. The SMILES string of the molecule is CC(C)OCCC#N. The molecular weight excluding hydrogens is 102 g/mol. The lowest BCUT2D eigenvalue weighted by Crippen LogP contribution is -2.02. The van der Waals surface area contributed by atoms with Crippen LogP contribution in [0.25, 0.3) is 0 Å². The van der Waals surface area contributed by atoms with Crippen LogP contribution in [0.1, 0.15) is 20.3 Å². The average Bonchev–Trinajstić information content (AvgIpc) is 1.66. The Labute approximate surface area is 50.1 Å². The van der Waals surface area contributed by atoms with Crippen molar-refractivity contribution < 1.29 is 4.74 Å². The molecule has 0 unspecified atom stereocenters. The predicted molar refractivity (Wildman–Crippen MR) is 31.3 cm³/mol. The van der Waals surface area contributed by atoms with Crippen LogP contribution in [0, 0.1) is 11.3 Å². The zero-order chi connectivity index (χ0) is 6.41. The molecule has 46 valence electrons. The standard InChI is InChI=1S/C6H11NO/c1-6(2)8-5-3-4-7/h6H,3,5H2,1-2H3. The van der Waals surface area contributed by atoms with Gasteiger partial charge in [-0.1, -0.05) is 0 Å². The fraction of sp³-hybridized carbons (Fsp3) is 0.833. The minimum Gasteiger partial charge on any atom is -0.378 e. The second-order valence-corrected chi connectivity index (χ2v) is 1.83. The van der Waals surface area contributed by atoms with E-state index in [0.29, 0.717) is 13.0 Å². The summed E-state index contributed by atoms with van der Waals surface area (Å²) in [7, 11) is 0. The van der Waals surface area contributed by atoms with Gasteiger partial charge in [-0.15, -0.1) is 0 Å². The third-order valence-electron chi connectivity index (χ3n) is 0.665. The van der Waals surface area contributed by atoms with Crippen molar-refractivity contribution in [1.82, 2.24) is 0 Å². The van der Waals surface area contributed by atoms with Gasteiger partial charge in [0.15, 0.2) is 0 Å². The Morgan fingerprint density at radius 3 is 2.62 bits per heavy atom. The quantitative estimate of drug-likeness (QED) is 0.517. The van der Waals surface area contributed by atoms with E-state index in [9.17, 15) is 0 Å². The number of hydrogen-bond acceptors (Lipinski definition) is 2. The third kappa shape index (κ3) is 5.45. The molecule has 0 spiro atoms. The normalized spacial score (nSPS) is 9.25. The summed E-state index contributed by atoms with van der Waals surface area (Å²) >= 11 is 0. The number of hydrogen-bond donors (Lipinski definition) is 0. The van der Waals surface area contributed by atoms with E-state index in [1.165, 1.54) is 0 Å². The smallest absolute Gasteiger partial charge is 0.0645 e. The van der Waals surface area contributed by atoms with Crippen LogP contribution in [0.3, 0.4) is 0 Å². The Balaban J connectivity index is 2.85. The molecule has 0 saturated carbocycles. The first-order valence-electron chi connectivity index (χ1n) is 2.76. The molecule has 0 aromatic rings. The lowest BCUT2D eigenvalue weighted by Gasteiger charge is -2.02. The molecule has 0 heterocycles. The van der Waals surface area contributed by atoms with Gasteiger partial charge in [-0.3, -0.25) is 0 Å². The zero-order valence-corrected chi connectivity index (χ0v) is 5.35. The molecule has 0 aliphatic heterocycles. The minimum absolute atomic E-state index is 0.253. The van der Waals surface area contributed by atoms with E-state index in [0.717, 1.165) is 0 Å². The fourth-order valence-electron chi connectivity index (χ4n) is 0.340. The van der Waals surface area contributed by atoms with Crippen molar-refractivity contribution >= 4 is 0 Å². The largest absolute Gasteiger partial charge is 0.378 e. The van der Waals surface area contributed by atoms with Gasteiger partial charge in [-0.05, 0) is 13.8 Å². The molecule has 0 aromatic carbocycles. The molecule has 0 N–H and O–H groups in total. The Morgan fingerprint density at radius 2 is 2.25 bits per heavy atom. The first-order chi connectivity index (χ1) is 3.77.